The Labute approximate surface area is 156 Å². The van der Waals surface area contributed by atoms with Gasteiger partial charge in [0.05, 0.1) is 4.90 Å². The molecule has 0 aliphatic rings. The molecule has 7 heteroatoms. The highest BCUT2D eigenvalue weighted by Crippen LogP contribution is 2.25. The minimum absolute atomic E-state index is 0.0986. The quantitative estimate of drug-likeness (QED) is 0.614. The summed E-state index contributed by atoms with van der Waals surface area (Å²) in [4.78, 5) is 0.0986. The summed E-state index contributed by atoms with van der Waals surface area (Å²) < 4.78 is 32.9. The molecule has 0 unspecified atom stereocenters. The molecule has 0 spiro atoms. The van der Waals surface area contributed by atoms with Crippen LogP contribution in [0.3, 0.4) is 0 Å². The van der Waals surface area contributed by atoms with E-state index in [4.69, 9.17) is 27.9 Å². The number of rotatable bonds is 5. The lowest BCUT2D eigenvalue weighted by Crippen LogP contribution is -2.12. The normalized spacial score (nSPS) is 11.1. The molecule has 0 atom stereocenters. The van der Waals surface area contributed by atoms with E-state index in [9.17, 15) is 8.42 Å². The standard InChI is InChI=1S/C18H13Cl2NO3S/c19-13-4-8-16(9-5-13)24-17-10-6-15(7-11-17)21-25(22,23)18-3-1-2-14(20)12-18/h1-12,21H. The van der Waals surface area contributed by atoms with Gasteiger partial charge in [0.15, 0.2) is 0 Å². The second-order valence-corrected chi connectivity index (χ2v) is 7.70. The molecule has 0 amide bonds. The zero-order valence-electron chi connectivity index (χ0n) is 12.8. The third-order valence-electron chi connectivity index (χ3n) is 3.26. The van der Waals surface area contributed by atoms with Gasteiger partial charge in [-0.3, -0.25) is 4.72 Å². The van der Waals surface area contributed by atoms with E-state index in [0.29, 0.717) is 27.2 Å². The Morgan fingerprint density at radius 2 is 1.36 bits per heavy atom. The van der Waals surface area contributed by atoms with Gasteiger partial charge in [-0.25, -0.2) is 8.42 Å². The van der Waals surface area contributed by atoms with Crippen LogP contribution in [0.1, 0.15) is 0 Å². The van der Waals surface area contributed by atoms with Gasteiger partial charge in [-0.05, 0) is 66.7 Å². The van der Waals surface area contributed by atoms with E-state index in [1.807, 2.05) is 0 Å². The number of halogens is 2. The molecule has 0 aliphatic carbocycles. The van der Waals surface area contributed by atoms with Gasteiger partial charge in [-0.2, -0.15) is 0 Å². The fraction of sp³-hybridized carbons (Fsp3) is 0. The SMILES string of the molecule is O=S(=O)(Nc1ccc(Oc2ccc(Cl)cc2)cc1)c1cccc(Cl)c1. The Morgan fingerprint density at radius 3 is 1.96 bits per heavy atom. The smallest absolute Gasteiger partial charge is 0.261 e. The van der Waals surface area contributed by atoms with Gasteiger partial charge in [0.25, 0.3) is 10.0 Å². The number of benzene rings is 3. The molecule has 128 valence electrons. The van der Waals surface area contributed by atoms with Crippen molar-refractivity contribution in [3.05, 3.63) is 82.8 Å². The second-order valence-electron chi connectivity index (χ2n) is 5.14. The highest BCUT2D eigenvalue weighted by Gasteiger charge is 2.14. The molecule has 0 heterocycles. The molecule has 25 heavy (non-hydrogen) atoms. The summed E-state index contributed by atoms with van der Waals surface area (Å²) in [5, 5.41) is 0.979. The number of sulfonamides is 1. The predicted molar refractivity (Wildman–Crippen MR) is 100 cm³/mol. The maximum absolute atomic E-state index is 12.3. The zero-order chi connectivity index (χ0) is 17.9. The van der Waals surface area contributed by atoms with Gasteiger partial charge in [0.2, 0.25) is 0 Å². The lowest BCUT2D eigenvalue weighted by atomic mass is 10.3. The van der Waals surface area contributed by atoms with Crippen LogP contribution in [0.2, 0.25) is 10.0 Å². The van der Waals surface area contributed by atoms with Crippen LogP contribution in [-0.4, -0.2) is 8.42 Å². The summed E-state index contributed by atoms with van der Waals surface area (Å²) >= 11 is 11.7. The van der Waals surface area contributed by atoms with Gasteiger partial charge < -0.3 is 4.74 Å². The first-order valence-corrected chi connectivity index (χ1v) is 9.48. The molecule has 3 aromatic rings. The molecule has 3 aromatic carbocycles. The fourth-order valence-electron chi connectivity index (χ4n) is 2.08. The molecule has 0 saturated heterocycles. The maximum Gasteiger partial charge on any atom is 0.261 e. The Balaban J connectivity index is 1.73. The topological polar surface area (TPSA) is 55.4 Å². The van der Waals surface area contributed by atoms with Gasteiger partial charge in [0.1, 0.15) is 11.5 Å². The lowest BCUT2D eigenvalue weighted by molar-refractivity contribution is 0.483. The molecular formula is C18H13Cl2NO3S. The number of ether oxygens (including phenoxy) is 1. The van der Waals surface area contributed by atoms with Crippen molar-refractivity contribution in [3.8, 4) is 11.5 Å². The van der Waals surface area contributed by atoms with Crippen LogP contribution in [0, 0.1) is 0 Å². The van der Waals surface area contributed by atoms with Crippen LogP contribution in [-0.2, 0) is 10.0 Å². The van der Waals surface area contributed by atoms with Crippen LogP contribution < -0.4 is 9.46 Å². The maximum atomic E-state index is 12.3. The van der Waals surface area contributed by atoms with E-state index >= 15 is 0 Å². The first-order valence-electron chi connectivity index (χ1n) is 7.24. The molecule has 0 bridgehead atoms. The van der Waals surface area contributed by atoms with Crippen molar-refractivity contribution in [2.75, 3.05) is 4.72 Å². The van der Waals surface area contributed by atoms with E-state index < -0.39 is 10.0 Å². The Morgan fingerprint density at radius 1 is 0.760 bits per heavy atom. The third kappa shape index (κ3) is 4.66. The molecule has 0 aromatic heterocycles. The van der Waals surface area contributed by atoms with Crippen molar-refractivity contribution >= 4 is 38.9 Å². The van der Waals surface area contributed by atoms with Crippen molar-refractivity contribution in [2.45, 2.75) is 4.90 Å². The highest BCUT2D eigenvalue weighted by molar-refractivity contribution is 7.92. The van der Waals surface area contributed by atoms with E-state index in [0.717, 1.165) is 0 Å². The summed E-state index contributed by atoms with van der Waals surface area (Å²) in [6.07, 6.45) is 0. The Bertz CT molecular complexity index is 972. The molecule has 1 N–H and O–H groups in total. The highest BCUT2D eigenvalue weighted by atomic mass is 35.5. The summed E-state index contributed by atoms with van der Waals surface area (Å²) in [7, 11) is -3.70. The van der Waals surface area contributed by atoms with E-state index in [1.165, 1.54) is 12.1 Å². The summed E-state index contributed by atoms with van der Waals surface area (Å²) in [6, 6.07) is 19.6. The van der Waals surface area contributed by atoms with E-state index in [2.05, 4.69) is 4.72 Å². The molecule has 0 saturated carbocycles. The number of hydrogen-bond acceptors (Lipinski definition) is 3. The van der Waals surface area contributed by atoms with Gasteiger partial charge >= 0.3 is 0 Å². The van der Waals surface area contributed by atoms with Crippen molar-refractivity contribution < 1.29 is 13.2 Å². The minimum atomic E-state index is -3.70. The first-order chi connectivity index (χ1) is 11.9. The van der Waals surface area contributed by atoms with Crippen LogP contribution in [0.25, 0.3) is 0 Å². The van der Waals surface area contributed by atoms with Crippen molar-refractivity contribution in [1.82, 2.24) is 0 Å². The predicted octanol–water partition coefficient (Wildman–Crippen LogP) is 5.59. The monoisotopic (exact) mass is 393 g/mol. The minimum Gasteiger partial charge on any atom is -0.457 e. The fourth-order valence-corrected chi connectivity index (χ4v) is 3.56. The first kappa shape index (κ1) is 17.6. The average molecular weight is 394 g/mol. The van der Waals surface area contributed by atoms with Crippen LogP contribution in [0.15, 0.2) is 77.7 Å². The Hall–Kier alpha value is -2.21. The average Bonchev–Trinajstić information content (AvgIpc) is 2.58. The van der Waals surface area contributed by atoms with E-state index in [-0.39, 0.29) is 4.90 Å². The summed E-state index contributed by atoms with van der Waals surface area (Å²) in [6.45, 7) is 0. The molecule has 0 radical (unpaired) electrons. The zero-order valence-corrected chi connectivity index (χ0v) is 15.1. The Kier molecular flexibility index (Phi) is 5.18. The van der Waals surface area contributed by atoms with Crippen molar-refractivity contribution in [1.29, 1.82) is 0 Å². The van der Waals surface area contributed by atoms with Crippen molar-refractivity contribution in [3.63, 3.8) is 0 Å². The molecular weight excluding hydrogens is 381 g/mol. The lowest BCUT2D eigenvalue weighted by Gasteiger charge is -2.10. The molecule has 4 nitrogen and oxygen atoms in total. The van der Waals surface area contributed by atoms with Crippen LogP contribution >= 0.6 is 23.2 Å². The third-order valence-corrected chi connectivity index (χ3v) is 5.13. The summed E-state index contributed by atoms with van der Waals surface area (Å²) in [5.41, 5.74) is 0.420. The van der Waals surface area contributed by atoms with Gasteiger partial charge in [-0.15, -0.1) is 0 Å². The van der Waals surface area contributed by atoms with Gasteiger partial charge in [-0.1, -0.05) is 29.3 Å². The number of nitrogens with one attached hydrogen (secondary N) is 1. The molecule has 0 aliphatic heterocycles. The van der Waals surface area contributed by atoms with Gasteiger partial charge in [0, 0.05) is 15.7 Å². The second kappa shape index (κ2) is 7.35. The van der Waals surface area contributed by atoms with E-state index in [1.54, 1.807) is 60.7 Å². The molecule has 3 rings (SSSR count). The van der Waals surface area contributed by atoms with Crippen LogP contribution in [0.4, 0.5) is 5.69 Å². The van der Waals surface area contributed by atoms with Crippen LogP contribution in [0.5, 0.6) is 11.5 Å². The number of hydrogen-bond donors (Lipinski definition) is 1. The molecule has 0 fully saturated rings. The number of anilines is 1. The summed E-state index contributed by atoms with van der Waals surface area (Å²) in [5.74, 6) is 1.21. The van der Waals surface area contributed by atoms with Crippen molar-refractivity contribution in [2.24, 2.45) is 0 Å². The largest absolute Gasteiger partial charge is 0.457 e.